The highest BCUT2D eigenvalue weighted by atomic mass is 32.1. The van der Waals surface area contributed by atoms with Gasteiger partial charge in [-0.15, -0.1) is 11.3 Å². The number of amides is 2. The molecule has 0 bridgehead atoms. The van der Waals surface area contributed by atoms with E-state index in [1.165, 1.54) is 29.5 Å². The zero-order chi connectivity index (χ0) is 20.9. The van der Waals surface area contributed by atoms with Gasteiger partial charge in [-0.25, -0.2) is 0 Å². The average Bonchev–Trinajstić information content (AvgIpc) is 3.21. The molecule has 148 valence electrons. The van der Waals surface area contributed by atoms with E-state index in [1.807, 2.05) is 0 Å². The molecule has 3 aromatic rings. The number of hydrogen-bond donors (Lipinski definition) is 2. The molecule has 0 aliphatic rings. The van der Waals surface area contributed by atoms with Crippen LogP contribution in [0.25, 0.3) is 6.08 Å². The van der Waals surface area contributed by atoms with Gasteiger partial charge in [-0.3, -0.25) is 9.59 Å². The summed E-state index contributed by atoms with van der Waals surface area (Å²) in [4.78, 5) is 25.8. The third-order valence-electron chi connectivity index (χ3n) is 3.81. The molecule has 0 spiro atoms. The predicted octanol–water partition coefficient (Wildman–Crippen LogP) is 5.18. The molecule has 8 heteroatoms. The Morgan fingerprint density at radius 1 is 0.931 bits per heavy atom. The number of hydrogen-bond acceptors (Lipinski definition) is 3. The number of anilines is 1. The van der Waals surface area contributed by atoms with Crippen LogP contribution in [-0.4, -0.2) is 11.8 Å². The van der Waals surface area contributed by atoms with E-state index in [2.05, 4.69) is 10.6 Å². The second-order valence-corrected chi connectivity index (χ2v) is 6.91. The van der Waals surface area contributed by atoms with Gasteiger partial charge in [0.15, 0.2) is 0 Å². The molecule has 2 N–H and O–H groups in total. The molecule has 1 heterocycles. The summed E-state index contributed by atoms with van der Waals surface area (Å²) >= 11 is 1.35. The summed E-state index contributed by atoms with van der Waals surface area (Å²) < 4.78 is 38.7. The number of alkyl halides is 3. The number of halogens is 3. The van der Waals surface area contributed by atoms with Crippen molar-refractivity contribution in [1.29, 1.82) is 0 Å². The molecule has 2 amide bonds. The molecular formula is C21H15F3N2O2S. The maximum absolute atomic E-state index is 12.9. The Balaban J connectivity index is 1.84. The lowest BCUT2D eigenvalue weighted by Crippen LogP contribution is -2.30. The van der Waals surface area contributed by atoms with Crippen molar-refractivity contribution >= 4 is 34.9 Å². The lowest BCUT2D eigenvalue weighted by Gasteiger charge is -2.12. The van der Waals surface area contributed by atoms with Crippen molar-refractivity contribution in [3.8, 4) is 0 Å². The van der Waals surface area contributed by atoms with Crippen molar-refractivity contribution in [2.75, 3.05) is 5.32 Å². The molecule has 0 saturated carbocycles. The maximum atomic E-state index is 12.9. The number of rotatable bonds is 5. The Labute approximate surface area is 168 Å². The average molecular weight is 416 g/mol. The molecule has 0 atom stereocenters. The van der Waals surface area contributed by atoms with E-state index in [4.69, 9.17) is 0 Å². The molecule has 0 radical (unpaired) electrons. The predicted molar refractivity (Wildman–Crippen MR) is 106 cm³/mol. The number of carbonyl (C=O) groups excluding carboxylic acids is 2. The number of thiophene rings is 1. The van der Waals surface area contributed by atoms with Crippen LogP contribution in [0.1, 0.15) is 20.8 Å². The summed E-state index contributed by atoms with van der Waals surface area (Å²) in [5, 5.41) is 6.74. The first-order valence-electron chi connectivity index (χ1n) is 8.43. The van der Waals surface area contributed by atoms with E-state index in [0.717, 1.165) is 12.1 Å². The van der Waals surface area contributed by atoms with Crippen molar-refractivity contribution in [2.24, 2.45) is 0 Å². The molecule has 0 unspecified atom stereocenters. The van der Waals surface area contributed by atoms with Gasteiger partial charge in [-0.1, -0.05) is 30.3 Å². The first kappa shape index (κ1) is 20.3. The standard InChI is InChI=1S/C21H15F3N2O2S/c22-21(23,24)15-8-4-9-16(12-15)25-20(28)18(13-17-10-5-11-29-17)26-19(27)14-6-2-1-3-7-14/h1-13H,(H,25,28)(H,26,27)/b18-13-. The van der Waals surface area contributed by atoms with Crippen LogP contribution in [0.3, 0.4) is 0 Å². The lowest BCUT2D eigenvalue weighted by atomic mass is 10.2. The third kappa shape index (κ3) is 5.55. The van der Waals surface area contributed by atoms with Crippen molar-refractivity contribution in [2.45, 2.75) is 6.18 Å². The van der Waals surface area contributed by atoms with Gasteiger partial charge in [0.05, 0.1) is 5.56 Å². The summed E-state index contributed by atoms with van der Waals surface area (Å²) in [6.45, 7) is 0. The lowest BCUT2D eigenvalue weighted by molar-refractivity contribution is -0.137. The largest absolute Gasteiger partial charge is 0.416 e. The zero-order valence-corrected chi connectivity index (χ0v) is 15.7. The highest BCUT2D eigenvalue weighted by Crippen LogP contribution is 2.30. The first-order valence-corrected chi connectivity index (χ1v) is 9.31. The minimum atomic E-state index is -4.53. The molecule has 0 fully saturated rings. The monoisotopic (exact) mass is 416 g/mol. The molecule has 0 aliphatic heterocycles. The molecule has 1 aromatic heterocycles. The highest BCUT2D eigenvalue weighted by molar-refractivity contribution is 7.10. The van der Waals surface area contributed by atoms with Crippen molar-refractivity contribution in [1.82, 2.24) is 5.32 Å². The van der Waals surface area contributed by atoms with Gasteiger partial charge in [-0.05, 0) is 47.9 Å². The summed E-state index contributed by atoms with van der Waals surface area (Å²) in [5.41, 5.74) is -0.654. The Kier molecular flexibility index (Phi) is 6.13. The Bertz CT molecular complexity index is 1030. The van der Waals surface area contributed by atoms with Gasteiger partial charge in [0.2, 0.25) is 0 Å². The van der Waals surface area contributed by atoms with Crippen molar-refractivity contribution < 1.29 is 22.8 Å². The van der Waals surface area contributed by atoms with E-state index >= 15 is 0 Å². The molecular weight excluding hydrogens is 401 g/mol. The number of nitrogens with one attached hydrogen (secondary N) is 2. The number of carbonyl (C=O) groups is 2. The van der Waals surface area contributed by atoms with E-state index in [-0.39, 0.29) is 11.4 Å². The van der Waals surface area contributed by atoms with Gasteiger partial charge in [-0.2, -0.15) is 13.2 Å². The van der Waals surface area contributed by atoms with Gasteiger partial charge in [0.25, 0.3) is 11.8 Å². The summed E-state index contributed by atoms with van der Waals surface area (Å²) in [6.07, 6.45) is -3.06. The van der Waals surface area contributed by atoms with Gasteiger partial charge in [0, 0.05) is 16.1 Å². The van der Waals surface area contributed by atoms with Crippen LogP contribution < -0.4 is 10.6 Å². The summed E-state index contributed by atoms with van der Waals surface area (Å²) in [5.74, 6) is -1.24. The van der Waals surface area contributed by atoms with Crippen LogP contribution >= 0.6 is 11.3 Å². The molecule has 29 heavy (non-hydrogen) atoms. The number of benzene rings is 2. The van der Waals surface area contributed by atoms with Crippen LogP contribution in [0.4, 0.5) is 18.9 Å². The second-order valence-electron chi connectivity index (χ2n) is 5.93. The van der Waals surface area contributed by atoms with E-state index in [1.54, 1.807) is 47.8 Å². The fraction of sp³-hybridized carbons (Fsp3) is 0.0476. The van der Waals surface area contributed by atoms with Crippen LogP contribution in [0, 0.1) is 0 Å². The minimum absolute atomic E-state index is 0.0316. The highest BCUT2D eigenvalue weighted by Gasteiger charge is 2.30. The van der Waals surface area contributed by atoms with Crippen LogP contribution in [0.15, 0.2) is 77.8 Å². The molecule has 0 saturated heterocycles. The van der Waals surface area contributed by atoms with E-state index in [9.17, 15) is 22.8 Å². The quantitative estimate of drug-likeness (QED) is 0.564. The Hall–Kier alpha value is -3.39. The normalized spacial score (nSPS) is 11.8. The summed E-state index contributed by atoms with van der Waals surface area (Å²) in [7, 11) is 0. The molecule has 0 aliphatic carbocycles. The molecule has 4 nitrogen and oxygen atoms in total. The van der Waals surface area contributed by atoms with Crippen molar-refractivity contribution in [3.05, 3.63) is 93.8 Å². The second kappa shape index (κ2) is 8.74. The minimum Gasteiger partial charge on any atom is -0.321 e. The first-order chi connectivity index (χ1) is 13.8. The van der Waals surface area contributed by atoms with Gasteiger partial charge >= 0.3 is 6.18 Å². The van der Waals surface area contributed by atoms with Crippen LogP contribution in [0.2, 0.25) is 0 Å². The maximum Gasteiger partial charge on any atom is 0.416 e. The van der Waals surface area contributed by atoms with Crippen LogP contribution in [0.5, 0.6) is 0 Å². The smallest absolute Gasteiger partial charge is 0.321 e. The van der Waals surface area contributed by atoms with Gasteiger partial charge < -0.3 is 10.6 Å². The SMILES string of the molecule is O=C(Nc1cccc(C(F)(F)F)c1)/C(=C/c1cccs1)NC(=O)c1ccccc1. The molecule has 2 aromatic carbocycles. The molecule has 3 rings (SSSR count). The fourth-order valence-corrected chi connectivity index (χ4v) is 3.09. The topological polar surface area (TPSA) is 58.2 Å². The van der Waals surface area contributed by atoms with E-state index in [0.29, 0.717) is 10.4 Å². The van der Waals surface area contributed by atoms with Gasteiger partial charge in [0.1, 0.15) is 5.70 Å². The van der Waals surface area contributed by atoms with Crippen molar-refractivity contribution in [3.63, 3.8) is 0 Å². The van der Waals surface area contributed by atoms with E-state index < -0.39 is 23.6 Å². The summed E-state index contributed by atoms with van der Waals surface area (Å²) in [6, 6.07) is 16.1. The van der Waals surface area contributed by atoms with Crippen LogP contribution in [-0.2, 0) is 11.0 Å². The Morgan fingerprint density at radius 3 is 2.34 bits per heavy atom. The third-order valence-corrected chi connectivity index (χ3v) is 4.63. The zero-order valence-electron chi connectivity index (χ0n) is 14.9. The Morgan fingerprint density at radius 2 is 1.69 bits per heavy atom. The fourth-order valence-electron chi connectivity index (χ4n) is 2.43.